The van der Waals surface area contributed by atoms with Crippen LogP contribution in [0.5, 0.6) is 11.6 Å². The van der Waals surface area contributed by atoms with Crippen molar-refractivity contribution in [3.63, 3.8) is 0 Å². The molecular formula is C25H21F4N3O3. The zero-order valence-electron chi connectivity index (χ0n) is 18.8. The summed E-state index contributed by atoms with van der Waals surface area (Å²) in [5.74, 6) is -0.764. The number of alkyl halides is 3. The molecule has 0 radical (unpaired) electrons. The molecule has 35 heavy (non-hydrogen) atoms. The molecule has 2 aromatic carbocycles. The predicted molar refractivity (Wildman–Crippen MR) is 122 cm³/mol. The van der Waals surface area contributed by atoms with Gasteiger partial charge in [0.2, 0.25) is 5.88 Å². The number of carbonyl (C=O) groups is 1. The van der Waals surface area contributed by atoms with Gasteiger partial charge in [-0.1, -0.05) is 19.1 Å². The number of aromatic nitrogens is 2. The Balaban J connectivity index is 1.64. The number of rotatable bonds is 5. The zero-order chi connectivity index (χ0) is 25.3. The molecule has 10 heteroatoms. The molecule has 0 aliphatic carbocycles. The van der Waals surface area contributed by atoms with Crippen molar-refractivity contribution in [3.05, 3.63) is 82.9 Å². The summed E-state index contributed by atoms with van der Waals surface area (Å²) in [5.41, 5.74) is 0.903. The van der Waals surface area contributed by atoms with Crippen molar-refractivity contribution >= 4 is 22.6 Å². The largest absolute Gasteiger partial charge is 0.436 e. The summed E-state index contributed by atoms with van der Waals surface area (Å²) in [6, 6.07) is 11.1. The van der Waals surface area contributed by atoms with Crippen LogP contribution in [0.4, 0.5) is 28.0 Å². The van der Waals surface area contributed by atoms with Gasteiger partial charge in [-0.15, -0.1) is 0 Å². The minimum atomic E-state index is -4.56. The third-order valence-electron chi connectivity index (χ3n) is 5.50. The highest BCUT2D eigenvalue weighted by Gasteiger charge is 2.30. The molecule has 1 amide bonds. The quantitative estimate of drug-likeness (QED) is 0.318. The molecule has 0 spiro atoms. The van der Waals surface area contributed by atoms with Crippen LogP contribution in [0, 0.1) is 12.7 Å². The van der Waals surface area contributed by atoms with Crippen LogP contribution in [0.3, 0.4) is 0 Å². The maximum absolute atomic E-state index is 15.3. The fourth-order valence-electron chi connectivity index (χ4n) is 3.80. The number of pyridine rings is 1. The zero-order valence-corrected chi connectivity index (χ0v) is 18.8. The van der Waals surface area contributed by atoms with Gasteiger partial charge in [-0.2, -0.15) is 13.2 Å². The molecule has 0 atom stereocenters. The molecule has 0 aliphatic rings. The lowest BCUT2D eigenvalue weighted by Gasteiger charge is -2.12. The summed E-state index contributed by atoms with van der Waals surface area (Å²) in [6.45, 7) is 3.20. The van der Waals surface area contributed by atoms with Crippen LogP contribution in [-0.4, -0.2) is 20.7 Å². The third-order valence-corrected chi connectivity index (χ3v) is 5.50. The number of nitrogens with one attached hydrogen (secondary N) is 1. The van der Waals surface area contributed by atoms with Crippen molar-refractivity contribution in [2.24, 2.45) is 0 Å². The number of fused-ring (bicyclic) bond motifs is 1. The van der Waals surface area contributed by atoms with Crippen molar-refractivity contribution < 1.29 is 32.2 Å². The van der Waals surface area contributed by atoms with Crippen LogP contribution in [0.2, 0.25) is 0 Å². The summed E-state index contributed by atoms with van der Waals surface area (Å²) < 4.78 is 61.0. The first-order valence-electron chi connectivity index (χ1n) is 10.7. The number of aliphatic hydroxyl groups is 1. The molecule has 0 aliphatic heterocycles. The second-order valence-corrected chi connectivity index (χ2v) is 7.81. The Morgan fingerprint density at radius 3 is 2.60 bits per heavy atom. The van der Waals surface area contributed by atoms with Crippen molar-refractivity contribution in [1.29, 1.82) is 0 Å². The average molecular weight is 487 g/mol. The lowest BCUT2D eigenvalue weighted by Crippen LogP contribution is -2.20. The lowest BCUT2D eigenvalue weighted by molar-refractivity contribution is -0.137. The number of ether oxygens (including phenoxy) is 1. The van der Waals surface area contributed by atoms with Gasteiger partial charge in [0.05, 0.1) is 23.4 Å². The number of nitrogens with zero attached hydrogens (tertiary/aromatic N) is 2. The maximum atomic E-state index is 15.3. The molecule has 0 saturated heterocycles. The van der Waals surface area contributed by atoms with E-state index in [1.54, 1.807) is 19.1 Å². The van der Waals surface area contributed by atoms with Crippen molar-refractivity contribution in [1.82, 2.24) is 9.55 Å². The summed E-state index contributed by atoms with van der Waals surface area (Å²) in [7, 11) is 0. The number of aryl methyl sites for hydroxylation is 2. The molecule has 4 aromatic rings. The normalized spacial score (nSPS) is 11.6. The Kier molecular flexibility index (Phi) is 6.49. The highest BCUT2D eigenvalue weighted by atomic mass is 19.4. The van der Waals surface area contributed by atoms with E-state index in [-0.39, 0.29) is 34.8 Å². The molecule has 0 bridgehead atoms. The van der Waals surface area contributed by atoms with Crippen molar-refractivity contribution in [3.8, 4) is 11.6 Å². The number of amides is 1. The third kappa shape index (κ3) is 4.83. The molecule has 2 aromatic heterocycles. The Labute approximate surface area is 197 Å². The highest BCUT2D eigenvalue weighted by molar-refractivity contribution is 6.00. The van der Waals surface area contributed by atoms with Gasteiger partial charge in [0.25, 0.3) is 0 Å². The Morgan fingerprint density at radius 2 is 1.91 bits per heavy atom. The summed E-state index contributed by atoms with van der Waals surface area (Å²) in [4.78, 5) is 17.1. The maximum Gasteiger partial charge on any atom is 0.416 e. The minimum Gasteiger partial charge on any atom is -0.436 e. The van der Waals surface area contributed by atoms with E-state index in [1.807, 2.05) is 6.92 Å². The summed E-state index contributed by atoms with van der Waals surface area (Å²) in [6.07, 6.45) is -3.89. The second kappa shape index (κ2) is 9.38. The van der Waals surface area contributed by atoms with E-state index in [9.17, 15) is 23.1 Å². The van der Waals surface area contributed by atoms with Crippen molar-refractivity contribution in [2.75, 3.05) is 5.32 Å². The molecule has 6 nitrogen and oxygen atoms in total. The van der Waals surface area contributed by atoms with E-state index in [0.717, 1.165) is 17.7 Å². The van der Waals surface area contributed by atoms with Gasteiger partial charge in [0.1, 0.15) is 0 Å². The molecule has 0 saturated carbocycles. The van der Waals surface area contributed by atoms with Gasteiger partial charge in [0, 0.05) is 22.8 Å². The van der Waals surface area contributed by atoms with Crippen LogP contribution < -0.4 is 10.1 Å². The number of hydrogen-bond donors (Lipinski definition) is 2. The highest BCUT2D eigenvalue weighted by Crippen LogP contribution is 2.33. The monoisotopic (exact) mass is 487 g/mol. The van der Waals surface area contributed by atoms with Crippen molar-refractivity contribution in [2.45, 2.75) is 33.1 Å². The molecule has 0 fully saturated rings. The first-order chi connectivity index (χ1) is 16.6. The van der Waals surface area contributed by atoms with E-state index < -0.39 is 23.6 Å². The minimum absolute atomic E-state index is 0.0483. The van der Waals surface area contributed by atoms with E-state index in [2.05, 4.69) is 10.3 Å². The van der Waals surface area contributed by atoms with Gasteiger partial charge in [-0.05, 0) is 55.3 Å². The van der Waals surface area contributed by atoms with Crippen LogP contribution >= 0.6 is 0 Å². The lowest BCUT2D eigenvalue weighted by atomic mass is 10.1. The van der Waals surface area contributed by atoms with E-state index in [1.165, 1.54) is 34.9 Å². The average Bonchev–Trinajstić information content (AvgIpc) is 3.17. The first kappa shape index (κ1) is 24.2. The fourth-order valence-corrected chi connectivity index (χ4v) is 3.80. The second-order valence-electron chi connectivity index (χ2n) is 7.81. The Bertz CT molecular complexity index is 1410. The molecule has 2 heterocycles. The fraction of sp³-hybridized carbons (Fsp3) is 0.200. The van der Waals surface area contributed by atoms with Crippen LogP contribution in [0.1, 0.15) is 29.4 Å². The smallest absolute Gasteiger partial charge is 0.416 e. The van der Waals surface area contributed by atoms with Gasteiger partial charge < -0.3 is 15.2 Å². The van der Waals surface area contributed by atoms with Crippen LogP contribution in [0.25, 0.3) is 10.9 Å². The summed E-state index contributed by atoms with van der Waals surface area (Å²) in [5, 5.41) is 12.0. The number of anilines is 1. The molecule has 182 valence electrons. The standard InChI is InChI=1S/C25H21F4N3O3/c1-3-15-7-10-22(31-19(15)13-33)35-21-9-8-20-18(23(21)26)11-14(2)32(20)24(34)30-17-6-4-5-16(12-17)25(27,28)29/h4-12,33H,3,13H2,1-2H3,(H,30,34). The van der Waals surface area contributed by atoms with E-state index >= 15 is 4.39 Å². The van der Waals surface area contributed by atoms with E-state index in [0.29, 0.717) is 17.8 Å². The van der Waals surface area contributed by atoms with Gasteiger partial charge >= 0.3 is 12.2 Å². The Morgan fingerprint density at radius 1 is 1.14 bits per heavy atom. The van der Waals surface area contributed by atoms with E-state index in [4.69, 9.17) is 4.74 Å². The molecule has 2 N–H and O–H groups in total. The topological polar surface area (TPSA) is 76.4 Å². The number of hydrogen-bond acceptors (Lipinski definition) is 4. The Hall–Kier alpha value is -3.92. The number of benzene rings is 2. The first-order valence-corrected chi connectivity index (χ1v) is 10.7. The van der Waals surface area contributed by atoms with Gasteiger partial charge in [-0.3, -0.25) is 4.57 Å². The van der Waals surface area contributed by atoms with Gasteiger partial charge in [-0.25, -0.2) is 14.2 Å². The predicted octanol–water partition coefficient (Wildman–Crippen LogP) is 6.43. The SMILES string of the molecule is CCc1ccc(Oc2ccc3c(cc(C)n3C(=O)Nc3cccc(C(F)(F)F)c3)c2F)nc1CO. The van der Waals surface area contributed by atoms with Crippen LogP contribution in [-0.2, 0) is 19.2 Å². The number of halogens is 4. The molecule has 0 unspecified atom stereocenters. The van der Waals surface area contributed by atoms with Gasteiger partial charge in [0.15, 0.2) is 11.6 Å². The number of carbonyl (C=O) groups excluding carboxylic acids is 1. The number of aliphatic hydroxyl groups excluding tert-OH is 1. The van der Waals surface area contributed by atoms with Crippen LogP contribution in [0.15, 0.2) is 54.6 Å². The molecular weight excluding hydrogens is 466 g/mol. The summed E-state index contributed by atoms with van der Waals surface area (Å²) >= 11 is 0. The molecule has 4 rings (SSSR count).